The molecule has 35 heavy (non-hydrogen) atoms. The zero-order valence-electron chi connectivity index (χ0n) is 20.3. The Kier molecular flexibility index (Phi) is 8.43. The molecule has 6 heteroatoms. The summed E-state index contributed by atoms with van der Waals surface area (Å²) in [5, 5.41) is 3.57. The van der Waals surface area contributed by atoms with Gasteiger partial charge in [-0.15, -0.1) is 0 Å². The van der Waals surface area contributed by atoms with Crippen molar-refractivity contribution in [1.82, 2.24) is 14.9 Å². The van der Waals surface area contributed by atoms with Gasteiger partial charge in [0, 0.05) is 24.5 Å². The van der Waals surface area contributed by atoms with Crippen LogP contribution in [0, 0.1) is 0 Å². The van der Waals surface area contributed by atoms with Gasteiger partial charge in [-0.25, -0.2) is 4.98 Å². The maximum absolute atomic E-state index is 12.2. The second kappa shape index (κ2) is 11.9. The number of aromatic nitrogens is 2. The summed E-state index contributed by atoms with van der Waals surface area (Å²) in [6.45, 7) is 5.80. The number of fused-ring (bicyclic) bond motifs is 1. The summed E-state index contributed by atoms with van der Waals surface area (Å²) in [5.74, 6) is 2.08. The third kappa shape index (κ3) is 6.64. The first-order chi connectivity index (χ1) is 17.0. The first kappa shape index (κ1) is 24.8. The average molecular weight is 490 g/mol. The Balaban J connectivity index is 1.34. The van der Waals surface area contributed by atoms with Crippen LogP contribution in [0.1, 0.15) is 49.6 Å². The van der Waals surface area contributed by atoms with Crippen molar-refractivity contribution in [2.75, 3.05) is 13.2 Å². The van der Waals surface area contributed by atoms with Crippen molar-refractivity contribution in [2.24, 2.45) is 0 Å². The number of carbonyl (C=O) groups excluding carboxylic acids is 1. The van der Waals surface area contributed by atoms with E-state index in [2.05, 4.69) is 66.2 Å². The van der Waals surface area contributed by atoms with E-state index in [1.54, 1.807) is 24.3 Å². The Morgan fingerprint density at radius 1 is 1.06 bits per heavy atom. The molecule has 0 aliphatic carbocycles. The number of nitrogens with one attached hydrogen (secondary N) is 1. The lowest BCUT2D eigenvalue weighted by Crippen LogP contribution is -2.30. The lowest BCUT2D eigenvalue weighted by molar-refractivity contribution is -0.123. The second-order valence-corrected chi connectivity index (χ2v) is 9.29. The van der Waals surface area contributed by atoms with Gasteiger partial charge in [0.15, 0.2) is 6.61 Å². The van der Waals surface area contributed by atoms with E-state index >= 15 is 0 Å². The molecule has 5 nitrogen and oxygen atoms in total. The zero-order valence-corrected chi connectivity index (χ0v) is 21.1. The molecule has 1 atom stereocenters. The number of carbonyl (C=O) groups is 1. The van der Waals surface area contributed by atoms with Gasteiger partial charge in [0.05, 0.1) is 11.0 Å². The van der Waals surface area contributed by atoms with Crippen molar-refractivity contribution >= 4 is 28.5 Å². The third-order valence-electron chi connectivity index (χ3n) is 6.32. The number of para-hydroxylation sites is 2. The molecule has 1 aromatic heterocycles. The molecule has 4 aromatic rings. The maximum atomic E-state index is 12.2. The molecule has 0 bridgehead atoms. The van der Waals surface area contributed by atoms with Gasteiger partial charge in [0.2, 0.25) is 0 Å². The number of ether oxygens (including phenoxy) is 1. The Bertz CT molecular complexity index is 1250. The van der Waals surface area contributed by atoms with E-state index in [1.165, 1.54) is 11.1 Å². The minimum absolute atomic E-state index is 0.0210. The van der Waals surface area contributed by atoms with Crippen LogP contribution in [0.25, 0.3) is 11.0 Å². The standard InChI is InChI=1S/C29H32ClN3O2/c1-3-21(2)23-12-10-22(11-13-23)19-33-27-8-5-4-7-26(27)32-28(33)9-6-18-31-29(34)20-35-25-16-14-24(30)15-17-25/h4-5,7-8,10-17,21H,3,6,9,18-20H2,1-2H3,(H,31,34). The highest BCUT2D eigenvalue weighted by Gasteiger charge is 2.12. The summed E-state index contributed by atoms with van der Waals surface area (Å²) in [4.78, 5) is 17.0. The molecule has 3 aromatic carbocycles. The topological polar surface area (TPSA) is 56.2 Å². The molecule has 0 fully saturated rings. The van der Waals surface area contributed by atoms with E-state index in [1.807, 2.05) is 6.07 Å². The molecular weight excluding hydrogens is 458 g/mol. The van der Waals surface area contributed by atoms with Crippen LogP contribution >= 0.6 is 11.6 Å². The number of hydrogen-bond donors (Lipinski definition) is 1. The maximum Gasteiger partial charge on any atom is 0.257 e. The van der Waals surface area contributed by atoms with Crippen molar-refractivity contribution < 1.29 is 9.53 Å². The number of imidazole rings is 1. The van der Waals surface area contributed by atoms with Crippen molar-refractivity contribution in [3.05, 3.63) is 94.8 Å². The Labute approximate surface area is 212 Å². The molecule has 1 unspecified atom stereocenters. The van der Waals surface area contributed by atoms with Crippen molar-refractivity contribution in [2.45, 2.75) is 45.6 Å². The fraction of sp³-hybridized carbons (Fsp3) is 0.310. The molecule has 0 saturated carbocycles. The highest BCUT2D eigenvalue weighted by atomic mass is 35.5. The minimum Gasteiger partial charge on any atom is -0.484 e. The number of aryl methyl sites for hydroxylation is 1. The van der Waals surface area contributed by atoms with Gasteiger partial charge < -0.3 is 14.6 Å². The van der Waals surface area contributed by atoms with Crippen molar-refractivity contribution in [3.8, 4) is 5.75 Å². The van der Waals surface area contributed by atoms with Crippen LogP contribution in [0.4, 0.5) is 0 Å². The van der Waals surface area contributed by atoms with Crippen LogP contribution in [0.15, 0.2) is 72.8 Å². The number of amides is 1. The Morgan fingerprint density at radius 2 is 1.80 bits per heavy atom. The van der Waals surface area contributed by atoms with Gasteiger partial charge in [-0.1, -0.05) is 61.8 Å². The number of benzene rings is 3. The van der Waals surface area contributed by atoms with E-state index in [0.29, 0.717) is 23.2 Å². The summed E-state index contributed by atoms with van der Waals surface area (Å²) in [5.41, 5.74) is 4.77. The molecule has 0 aliphatic heterocycles. The van der Waals surface area contributed by atoms with E-state index in [9.17, 15) is 4.79 Å². The van der Waals surface area contributed by atoms with E-state index in [-0.39, 0.29) is 12.5 Å². The number of halogens is 1. The quantitative estimate of drug-likeness (QED) is 0.249. The Morgan fingerprint density at radius 3 is 2.54 bits per heavy atom. The summed E-state index contributed by atoms with van der Waals surface area (Å²) >= 11 is 5.87. The fourth-order valence-electron chi connectivity index (χ4n) is 4.07. The second-order valence-electron chi connectivity index (χ2n) is 8.85. The predicted octanol–water partition coefficient (Wildman–Crippen LogP) is 6.38. The van der Waals surface area contributed by atoms with Crippen LogP contribution < -0.4 is 10.1 Å². The first-order valence-electron chi connectivity index (χ1n) is 12.2. The fourth-order valence-corrected chi connectivity index (χ4v) is 4.19. The van der Waals surface area contributed by atoms with E-state index in [0.717, 1.165) is 42.7 Å². The average Bonchev–Trinajstić information content (AvgIpc) is 3.23. The SMILES string of the molecule is CCC(C)c1ccc(Cn2c(CCCNC(=O)COc3ccc(Cl)cc3)nc3ccccc32)cc1. The Hall–Kier alpha value is -3.31. The lowest BCUT2D eigenvalue weighted by Gasteiger charge is -2.12. The molecule has 182 valence electrons. The molecule has 0 saturated heterocycles. The molecule has 1 amide bonds. The predicted molar refractivity (Wildman–Crippen MR) is 142 cm³/mol. The van der Waals surface area contributed by atoms with Crippen molar-refractivity contribution in [3.63, 3.8) is 0 Å². The zero-order chi connectivity index (χ0) is 24.6. The highest BCUT2D eigenvalue weighted by Crippen LogP contribution is 2.22. The van der Waals surface area contributed by atoms with Gasteiger partial charge in [-0.05, 0) is 66.3 Å². The summed E-state index contributed by atoms with van der Waals surface area (Å²) < 4.78 is 7.80. The molecule has 0 aliphatic rings. The minimum atomic E-state index is -0.144. The van der Waals surface area contributed by atoms with E-state index in [4.69, 9.17) is 21.3 Å². The van der Waals surface area contributed by atoms with Gasteiger partial charge in [-0.2, -0.15) is 0 Å². The van der Waals surface area contributed by atoms with Crippen molar-refractivity contribution in [1.29, 1.82) is 0 Å². The largest absolute Gasteiger partial charge is 0.484 e. The summed E-state index contributed by atoms with van der Waals surface area (Å²) in [6.07, 6.45) is 2.71. The van der Waals surface area contributed by atoms with Gasteiger partial charge in [0.1, 0.15) is 11.6 Å². The molecule has 0 spiro atoms. The van der Waals surface area contributed by atoms with E-state index < -0.39 is 0 Å². The number of rotatable bonds is 11. The monoisotopic (exact) mass is 489 g/mol. The molecule has 4 rings (SSSR count). The smallest absolute Gasteiger partial charge is 0.257 e. The van der Waals surface area contributed by atoms with Gasteiger partial charge in [0.25, 0.3) is 5.91 Å². The van der Waals surface area contributed by atoms with Crippen LogP contribution in [-0.4, -0.2) is 28.6 Å². The van der Waals surface area contributed by atoms with Crippen LogP contribution in [-0.2, 0) is 17.8 Å². The number of hydrogen-bond acceptors (Lipinski definition) is 3. The van der Waals surface area contributed by atoms with Crippen LogP contribution in [0.5, 0.6) is 5.75 Å². The summed E-state index contributed by atoms with van der Waals surface area (Å²) in [7, 11) is 0. The van der Waals surface area contributed by atoms with Crippen LogP contribution in [0.3, 0.4) is 0 Å². The first-order valence-corrected chi connectivity index (χ1v) is 12.6. The highest BCUT2D eigenvalue weighted by molar-refractivity contribution is 6.30. The van der Waals surface area contributed by atoms with Gasteiger partial charge >= 0.3 is 0 Å². The normalized spacial score (nSPS) is 12.0. The summed E-state index contributed by atoms with van der Waals surface area (Å²) in [6, 6.07) is 24.1. The van der Waals surface area contributed by atoms with Crippen LogP contribution in [0.2, 0.25) is 5.02 Å². The molecule has 1 heterocycles. The molecule has 0 radical (unpaired) electrons. The number of nitrogens with zero attached hydrogens (tertiary/aromatic N) is 2. The van der Waals surface area contributed by atoms with Gasteiger partial charge in [-0.3, -0.25) is 4.79 Å². The third-order valence-corrected chi connectivity index (χ3v) is 6.57. The molecular formula is C29H32ClN3O2. The molecule has 1 N–H and O–H groups in total. The lowest BCUT2D eigenvalue weighted by atomic mass is 9.97.